The van der Waals surface area contributed by atoms with E-state index < -0.39 is 0 Å². The molecule has 19 heavy (non-hydrogen) atoms. The Kier molecular flexibility index (Phi) is 6.13. The van der Waals surface area contributed by atoms with Crippen LogP contribution >= 0.6 is 23.2 Å². The summed E-state index contributed by atoms with van der Waals surface area (Å²) in [5.41, 5.74) is 1.12. The topological polar surface area (TPSA) is 15.3 Å². The molecule has 0 bridgehead atoms. The van der Waals surface area contributed by atoms with Crippen LogP contribution in [0, 0.1) is 0 Å². The van der Waals surface area contributed by atoms with Crippen molar-refractivity contribution in [3.05, 3.63) is 33.8 Å². The Bertz CT molecular complexity index is 417. The van der Waals surface area contributed by atoms with E-state index in [0.29, 0.717) is 16.1 Å². The maximum atomic E-state index is 6.29. The fourth-order valence-corrected chi connectivity index (χ4v) is 2.45. The van der Waals surface area contributed by atoms with Crippen LogP contribution in [0.5, 0.6) is 0 Å². The number of hydrogen-bond donors (Lipinski definition) is 1. The summed E-state index contributed by atoms with van der Waals surface area (Å²) in [5.74, 6) is 0. The fraction of sp³-hybridized carbons (Fsp3) is 0.600. The molecule has 1 unspecified atom stereocenters. The molecule has 0 amide bonds. The molecule has 0 aromatic heterocycles. The van der Waals surface area contributed by atoms with Gasteiger partial charge in [-0.2, -0.15) is 0 Å². The molecule has 2 nitrogen and oxygen atoms in total. The van der Waals surface area contributed by atoms with Crippen molar-refractivity contribution in [2.45, 2.75) is 38.8 Å². The van der Waals surface area contributed by atoms with Crippen LogP contribution in [0.15, 0.2) is 18.2 Å². The number of nitrogens with one attached hydrogen (secondary N) is 1. The third-order valence-electron chi connectivity index (χ3n) is 3.91. The van der Waals surface area contributed by atoms with Crippen molar-refractivity contribution in [1.29, 1.82) is 0 Å². The quantitative estimate of drug-likeness (QED) is 0.858. The van der Waals surface area contributed by atoms with E-state index in [1.807, 2.05) is 18.2 Å². The van der Waals surface area contributed by atoms with E-state index in [0.717, 1.165) is 18.5 Å². The fourth-order valence-electron chi connectivity index (χ4n) is 2.06. The van der Waals surface area contributed by atoms with Gasteiger partial charge in [0.25, 0.3) is 0 Å². The highest BCUT2D eigenvalue weighted by molar-refractivity contribution is 6.42. The van der Waals surface area contributed by atoms with Crippen LogP contribution in [0.1, 0.15) is 26.3 Å². The lowest BCUT2D eigenvalue weighted by Crippen LogP contribution is -2.56. The molecule has 0 fully saturated rings. The predicted molar refractivity (Wildman–Crippen MR) is 85.4 cm³/mol. The van der Waals surface area contributed by atoms with Gasteiger partial charge in [-0.1, -0.05) is 42.3 Å². The van der Waals surface area contributed by atoms with Gasteiger partial charge in [-0.15, -0.1) is 0 Å². The highest BCUT2D eigenvalue weighted by atomic mass is 35.5. The lowest BCUT2D eigenvalue weighted by atomic mass is 9.88. The molecule has 1 aromatic carbocycles. The van der Waals surface area contributed by atoms with Crippen LogP contribution in [0.25, 0.3) is 0 Å². The largest absolute Gasteiger partial charge is 0.312 e. The summed E-state index contributed by atoms with van der Waals surface area (Å²) >= 11 is 12.4. The van der Waals surface area contributed by atoms with E-state index in [-0.39, 0.29) is 5.54 Å². The first-order valence-corrected chi connectivity index (χ1v) is 7.40. The zero-order chi connectivity index (χ0) is 14.6. The van der Waals surface area contributed by atoms with Crippen molar-refractivity contribution in [2.75, 3.05) is 20.6 Å². The second kappa shape index (κ2) is 6.94. The van der Waals surface area contributed by atoms with Crippen molar-refractivity contribution in [3.63, 3.8) is 0 Å². The molecular formula is C15H24Cl2N2. The number of nitrogens with zero attached hydrogens (tertiary/aromatic N) is 1. The summed E-state index contributed by atoms with van der Waals surface area (Å²) in [6, 6.07) is 6.13. The number of rotatable bonds is 6. The van der Waals surface area contributed by atoms with Gasteiger partial charge in [-0.25, -0.2) is 0 Å². The van der Waals surface area contributed by atoms with Gasteiger partial charge in [0.05, 0.1) is 10.0 Å². The van der Waals surface area contributed by atoms with E-state index in [1.54, 1.807) is 0 Å². The van der Waals surface area contributed by atoms with Gasteiger partial charge in [0.15, 0.2) is 0 Å². The molecule has 0 radical (unpaired) electrons. The monoisotopic (exact) mass is 302 g/mol. The Morgan fingerprint density at radius 3 is 2.42 bits per heavy atom. The molecule has 1 atom stereocenters. The van der Waals surface area contributed by atoms with Crippen LogP contribution in [0.3, 0.4) is 0 Å². The molecule has 1 N–H and O–H groups in total. The summed E-state index contributed by atoms with van der Waals surface area (Å²) in [6.07, 6.45) is 0.860. The predicted octanol–water partition coefficient (Wildman–Crippen LogP) is 3.85. The lowest BCUT2D eigenvalue weighted by molar-refractivity contribution is 0.138. The van der Waals surface area contributed by atoms with Crippen molar-refractivity contribution in [2.24, 2.45) is 0 Å². The van der Waals surface area contributed by atoms with Crippen LogP contribution in [-0.4, -0.2) is 37.1 Å². The van der Waals surface area contributed by atoms with Gasteiger partial charge in [0, 0.05) is 11.6 Å². The van der Waals surface area contributed by atoms with E-state index in [2.05, 4.69) is 45.1 Å². The molecule has 0 saturated heterocycles. The van der Waals surface area contributed by atoms with Crippen molar-refractivity contribution in [1.82, 2.24) is 10.2 Å². The Balaban J connectivity index is 2.99. The SMILES string of the molecule is CCNC(Cc1cccc(Cl)c1Cl)C(C)(C)N(C)C. The molecule has 1 aromatic rings. The van der Waals surface area contributed by atoms with Gasteiger partial charge >= 0.3 is 0 Å². The first-order chi connectivity index (χ1) is 8.80. The van der Waals surface area contributed by atoms with E-state index in [1.165, 1.54) is 0 Å². The van der Waals surface area contributed by atoms with Crippen LogP contribution < -0.4 is 5.32 Å². The Hall–Kier alpha value is -0.280. The zero-order valence-corrected chi connectivity index (χ0v) is 13.9. The smallest absolute Gasteiger partial charge is 0.0624 e. The van der Waals surface area contributed by atoms with E-state index >= 15 is 0 Å². The van der Waals surface area contributed by atoms with Gasteiger partial charge in [-0.3, -0.25) is 0 Å². The molecule has 0 aliphatic carbocycles. The van der Waals surface area contributed by atoms with Gasteiger partial charge in [0.2, 0.25) is 0 Å². The molecule has 108 valence electrons. The molecule has 0 heterocycles. The summed E-state index contributed by atoms with van der Waals surface area (Å²) < 4.78 is 0. The maximum Gasteiger partial charge on any atom is 0.0624 e. The zero-order valence-electron chi connectivity index (χ0n) is 12.4. The third kappa shape index (κ3) is 4.09. The summed E-state index contributed by atoms with van der Waals surface area (Å²) in [5, 5.41) is 4.85. The third-order valence-corrected chi connectivity index (χ3v) is 4.77. The highest BCUT2D eigenvalue weighted by Gasteiger charge is 2.31. The molecule has 0 spiro atoms. The minimum absolute atomic E-state index is 0.0294. The van der Waals surface area contributed by atoms with E-state index in [9.17, 15) is 0 Å². The van der Waals surface area contributed by atoms with Gasteiger partial charge in [-0.05, 0) is 52.5 Å². The Morgan fingerprint density at radius 1 is 1.26 bits per heavy atom. The second-order valence-corrected chi connectivity index (χ2v) is 6.36. The molecule has 4 heteroatoms. The summed E-state index contributed by atoms with van der Waals surface area (Å²) in [4.78, 5) is 2.23. The van der Waals surface area contributed by atoms with E-state index in [4.69, 9.17) is 23.2 Å². The highest BCUT2D eigenvalue weighted by Crippen LogP contribution is 2.28. The van der Waals surface area contributed by atoms with Crippen molar-refractivity contribution >= 4 is 23.2 Å². The maximum absolute atomic E-state index is 6.29. The van der Waals surface area contributed by atoms with Gasteiger partial charge < -0.3 is 10.2 Å². The molecule has 1 rings (SSSR count). The Morgan fingerprint density at radius 2 is 1.89 bits per heavy atom. The normalized spacial score (nSPS) is 13.9. The van der Waals surface area contributed by atoms with Crippen LogP contribution in [-0.2, 0) is 6.42 Å². The first kappa shape index (κ1) is 16.8. The second-order valence-electron chi connectivity index (χ2n) is 5.58. The number of halogens is 2. The number of benzene rings is 1. The first-order valence-electron chi connectivity index (χ1n) is 6.64. The molecule has 0 aliphatic rings. The molecule has 0 saturated carbocycles. The molecule has 0 aliphatic heterocycles. The Labute approximate surface area is 127 Å². The van der Waals surface area contributed by atoms with Crippen LogP contribution in [0.2, 0.25) is 10.0 Å². The lowest BCUT2D eigenvalue weighted by Gasteiger charge is -2.41. The van der Waals surface area contributed by atoms with Crippen LogP contribution in [0.4, 0.5) is 0 Å². The van der Waals surface area contributed by atoms with Crippen molar-refractivity contribution in [3.8, 4) is 0 Å². The number of hydrogen-bond acceptors (Lipinski definition) is 2. The summed E-state index contributed by atoms with van der Waals surface area (Å²) in [7, 11) is 4.20. The standard InChI is InChI=1S/C15H24Cl2N2/c1-6-18-13(15(2,3)19(4)5)10-11-8-7-9-12(16)14(11)17/h7-9,13,18H,6,10H2,1-5H3. The summed E-state index contributed by atoms with van der Waals surface area (Å²) in [6.45, 7) is 7.52. The van der Waals surface area contributed by atoms with Gasteiger partial charge in [0.1, 0.15) is 0 Å². The number of likely N-dealkylation sites (N-methyl/N-ethyl adjacent to an activating group) is 2. The van der Waals surface area contributed by atoms with Crippen molar-refractivity contribution < 1.29 is 0 Å². The molecular weight excluding hydrogens is 279 g/mol. The minimum atomic E-state index is 0.0294. The minimum Gasteiger partial charge on any atom is -0.312 e. The average molecular weight is 303 g/mol. The average Bonchev–Trinajstić information content (AvgIpc) is 2.33.